The molecule has 1 aromatic carbocycles. The molecule has 3 heterocycles. The fraction of sp³-hybridized carbons (Fsp3) is 0.526. The maximum absolute atomic E-state index is 13.3. The predicted molar refractivity (Wildman–Crippen MR) is 99.9 cm³/mol. The van der Waals surface area contributed by atoms with Crippen LogP contribution in [-0.2, 0) is 16.6 Å². The fourth-order valence-corrected chi connectivity index (χ4v) is 6.70. The molecule has 0 radical (unpaired) electrons. The summed E-state index contributed by atoms with van der Waals surface area (Å²) in [6.45, 7) is 3.48. The highest BCUT2D eigenvalue weighted by Gasteiger charge is 2.48. The molecule has 146 valence electrons. The first kappa shape index (κ1) is 18.5. The number of aromatic amines is 1. The topological polar surface area (TPSA) is 95.5 Å². The highest BCUT2D eigenvalue weighted by molar-refractivity contribution is 7.89. The maximum atomic E-state index is 13.3. The van der Waals surface area contributed by atoms with E-state index in [4.69, 9.17) is 9.84 Å². The number of aliphatic hydroxyl groups excluding tert-OH is 1. The summed E-state index contributed by atoms with van der Waals surface area (Å²) in [6.07, 6.45) is 3.10. The number of sulfonamides is 1. The molecule has 1 unspecified atom stereocenters. The van der Waals surface area contributed by atoms with E-state index in [1.54, 1.807) is 18.2 Å². The van der Waals surface area contributed by atoms with E-state index < -0.39 is 10.0 Å². The summed E-state index contributed by atoms with van der Waals surface area (Å²) >= 11 is 0. The van der Waals surface area contributed by atoms with Gasteiger partial charge < -0.3 is 9.84 Å². The van der Waals surface area contributed by atoms with Gasteiger partial charge in [0.05, 0.1) is 18.0 Å². The summed E-state index contributed by atoms with van der Waals surface area (Å²) in [5.41, 5.74) is 1.96. The second-order valence-corrected chi connectivity index (χ2v) is 9.28. The van der Waals surface area contributed by atoms with Crippen molar-refractivity contribution in [2.24, 2.45) is 0 Å². The Morgan fingerprint density at radius 3 is 2.33 bits per heavy atom. The average Bonchev–Trinajstić information content (AvgIpc) is 3.13. The lowest BCUT2D eigenvalue weighted by Gasteiger charge is -2.37. The van der Waals surface area contributed by atoms with Gasteiger partial charge in [0.1, 0.15) is 16.7 Å². The molecule has 2 aliphatic rings. The van der Waals surface area contributed by atoms with Crippen LogP contribution in [0.15, 0.2) is 29.2 Å². The van der Waals surface area contributed by atoms with Crippen LogP contribution < -0.4 is 4.74 Å². The molecule has 7 nitrogen and oxygen atoms in total. The van der Waals surface area contributed by atoms with Crippen molar-refractivity contribution in [2.75, 3.05) is 0 Å². The number of nitrogens with one attached hydrogen (secondary N) is 1. The number of benzene rings is 1. The Morgan fingerprint density at radius 2 is 1.81 bits per heavy atom. The number of rotatable bonds is 5. The standard InChI is InChI=1S/C19H25N3O4S/c1-12-19(13(2)21-20-12)27(24,25)22-15-5-6-16(22)10-18(9-15)26-17-7-3-14(11-23)4-8-17/h3-4,7-8,15-16,18,23H,5-6,9-11H2,1-2H3,(H,20,21)/t15-,16+,18?. The van der Waals surface area contributed by atoms with Crippen molar-refractivity contribution in [3.8, 4) is 5.75 Å². The molecule has 3 atom stereocenters. The van der Waals surface area contributed by atoms with Crippen molar-refractivity contribution in [1.29, 1.82) is 0 Å². The molecule has 0 aliphatic carbocycles. The molecule has 0 saturated carbocycles. The fourth-order valence-electron chi connectivity index (χ4n) is 4.46. The van der Waals surface area contributed by atoms with E-state index in [1.165, 1.54) is 0 Å². The largest absolute Gasteiger partial charge is 0.490 e. The zero-order valence-corrected chi connectivity index (χ0v) is 16.4. The van der Waals surface area contributed by atoms with Gasteiger partial charge in [-0.3, -0.25) is 5.10 Å². The molecular weight excluding hydrogens is 366 g/mol. The zero-order chi connectivity index (χ0) is 19.2. The summed E-state index contributed by atoms with van der Waals surface area (Å²) in [5, 5.41) is 16.0. The second kappa shape index (κ2) is 6.92. The van der Waals surface area contributed by atoms with E-state index in [2.05, 4.69) is 10.2 Å². The molecule has 8 heteroatoms. The van der Waals surface area contributed by atoms with Crippen LogP contribution in [0.5, 0.6) is 5.75 Å². The van der Waals surface area contributed by atoms with Gasteiger partial charge in [0, 0.05) is 24.9 Å². The number of piperidine rings is 1. The van der Waals surface area contributed by atoms with E-state index in [0.717, 1.165) is 24.2 Å². The molecule has 0 amide bonds. The van der Waals surface area contributed by atoms with Gasteiger partial charge in [0.15, 0.2) is 0 Å². The van der Waals surface area contributed by atoms with Crippen LogP contribution in [0.1, 0.15) is 42.6 Å². The van der Waals surface area contributed by atoms with Crippen molar-refractivity contribution >= 4 is 10.0 Å². The summed E-state index contributed by atoms with van der Waals surface area (Å²) in [5.74, 6) is 0.759. The monoisotopic (exact) mass is 391 g/mol. The normalized spacial score (nSPS) is 25.7. The number of H-pyrrole nitrogens is 1. The van der Waals surface area contributed by atoms with Crippen molar-refractivity contribution in [3.05, 3.63) is 41.2 Å². The molecule has 2 fully saturated rings. The third-order valence-electron chi connectivity index (χ3n) is 5.63. The molecule has 2 bridgehead atoms. The minimum atomic E-state index is -3.56. The molecule has 0 spiro atoms. The number of hydrogen-bond acceptors (Lipinski definition) is 5. The van der Waals surface area contributed by atoms with Gasteiger partial charge in [-0.1, -0.05) is 12.1 Å². The molecule has 2 aromatic rings. The van der Waals surface area contributed by atoms with Gasteiger partial charge in [0.2, 0.25) is 10.0 Å². The predicted octanol–water partition coefficient (Wildman–Crippen LogP) is 2.28. The zero-order valence-electron chi connectivity index (χ0n) is 15.6. The highest BCUT2D eigenvalue weighted by atomic mass is 32.2. The summed E-state index contributed by atoms with van der Waals surface area (Å²) < 4.78 is 34.4. The Labute approximate surface area is 159 Å². The Morgan fingerprint density at radius 1 is 1.19 bits per heavy atom. The average molecular weight is 391 g/mol. The first-order valence-corrected chi connectivity index (χ1v) is 10.8. The molecular formula is C19H25N3O4S. The van der Waals surface area contributed by atoms with Gasteiger partial charge >= 0.3 is 0 Å². The lowest BCUT2D eigenvalue weighted by molar-refractivity contribution is 0.0956. The van der Waals surface area contributed by atoms with E-state index in [0.29, 0.717) is 29.1 Å². The molecule has 4 rings (SSSR count). The van der Waals surface area contributed by atoms with Crippen molar-refractivity contribution < 1.29 is 18.3 Å². The Balaban J connectivity index is 1.52. The molecule has 2 saturated heterocycles. The Kier molecular flexibility index (Phi) is 4.73. The third kappa shape index (κ3) is 3.26. The third-order valence-corrected chi connectivity index (χ3v) is 7.90. The van der Waals surface area contributed by atoms with Gasteiger partial charge in [-0.05, 0) is 44.4 Å². The van der Waals surface area contributed by atoms with E-state index in [1.807, 2.05) is 24.3 Å². The number of aliphatic hydroxyl groups is 1. The molecule has 2 N–H and O–H groups in total. The van der Waals surface area contributed by atoms with Crippen LogP contribution in [0.4, 0.5) is 0 Å². The second-order valence-electron chi connectivity index (χ2n) is 7.50. The lowest BCUT2D eigenvalue weighted by Crippen LogP contribution is -2.49. The SMILES string of the molecule is Cc1n[nH]c(C)c1S(=O)(=O)N1[C@@H]2CC[C@H]1CC(Oc1ccc(CO)cc1)C2. The summed E-state index contributed by atoms with van der Waals surface area (Å²) in [4.78, 5) is 0.318. The quantitative estimate of drug-likeness (QED) is 0.815. The number of nitrogens with zero attached hydrogens (tertiary/aromatic N) is 2. The Bertz CT molecular complexity index is 889. The molecule has 27 heavy (non-hydrogen) atoms. The van der Waals surface area contributed by atoms with Crippen molar-refractivity contribution in [1.82, 2.24) is 14.5 Å². The smallest absolute Gasteiger partial charge is 0.247 e. The lowest BCUT2D eigenvalue weighted by atomic mass is 10.0. The van der Waals surface area contributed by atoms with E-state index in [9.17, 15) is 8.42 Å². The Hall–Kier alpha value is -1.90. The van der Waals surface area contributed by atoms with E-state index >= 15 is 0 Å². The number of hydrogen-bond donors (Lipinski definition) is 2. The highest BCUT2D eigenvalue weighted by Crippen LogP contribution is 2.41. The van der Waals surface area contributed by atoms with Crippen LogP contribution in [-0.4, -0.2) is 46.2 Å². The van der Waals surface area contributed by atoms with Gasteiger partial charge in [-0.25, -0.2) is 8.42 Å². The van der Waals surface area contributed by atoms with Crippen LogP contribution >= 0.6 is 0 Å². The number of fused-ring (bicyclic) bond motifs is 2. The first-order valence-electron chi connectivity index (χ1n) is 9.31. The van der Waals surface area contributed by atoms with Gasteiger partial charge in [0.25, 0.3) is 0 Å². The molecule has 1 aromatic heterocycles. The minimum absolute atomic E-state index is 0.000435. The van der Waals surface area contributed by atoms with Gasteiger partial charge in [-0.15, -0.1) is 0 Å². The van der Waals surface area contributed by atoms with Gasteiger partial charge in [-0.2, -0.15) is 9.40 Å². The maximum Gasteiger partial charge on any atom is 0.247 e. The number of ether oxygens (including phenoxy) is 1. The first-order chi connectivity index (χ1) is 12.9. The van der Waals surface area contributed by atoms with Crippen LogP contribution in [0.3, 0.4) is 0 Å². The van der Waals surface area contributed by atoms with E-state index in [-0.39, 0.29) is 24.8 Å². The molecule has 2 aliphatic heterocycles. The van der Waals surface area contributed by atoms with Crippen LogP contribution in [0.2, 0.25) is 0 Å². The summed E-state index contributed by atoms with van der Waals surface area (Å²) in [6, 6.07) is 7.32. The number of aryl methyl sites for hydroxylation is 2. The van der Waals surface area contributed by atoms with Crippen LogP contribution in [0, 0.1) is 13.8 Å². The van der Waals surface area contributed by atoms with Crippen molar-refractivity contribution in [2.45, 2.75) is 69.2 Å². The van der Waals surface area contributed by atoms with Crippen molar-refractivity contribution in [3.63, 3.8) is 0 Å². The minimum Gasteiger partial charge on any atom is -0.490 e. The number of aromatic nitrogens is 2. The van der Waals surface area contributed by atoms with Crippen LogP contribution in [0.25, 0.3) is 0 Å². The summed E-state index contributed by atoms with van der Waals surface area (Å²) in [7, 11) is -3.56.